The third-order valence-electron chi connectivity index (χ3n) is 6.61. The summed E-state index contributed by atoms with van der Waals surface area (Å²) in [4.78, 5) is 36.1. The van der Waals surface area contributed by atoms with Crippen molar-refractivity contribution < 1.29 is 38.1 Å². The Morgan fingerprint density at radius 1 is 0.435 bits per heavy atom. The fraction of sp³-hybridized carbons (Fsp3) is 0.184. The molecular weight excluding hydrogens is 584 g/mol. The van der Waals surface area contributed by atoms with Crippen molar-refractivity contribution in [2.24, 2.45) is 0 Å². The van der Waals surface area contributed by atoms with E-state index in [1.54, 1.807) is 60.6 Å². The number of allylic oxidation sites excluding steroid dienone is 4. The highest BCUT2D eigenvalue weighted by atomic mass is 16.6. The monoisotopic (exact) mass is 622 g/mol. The lowest BCUT2D eigenvalue weighted by molar-refractivity contribution is -0.136. The summed E-state index contributed by atoms with van der Waals surface area (Å²) in [5.41, 5.74) is 4.38. The van der Waals surface area contributed by atoms with Crippen molar-refractivity contribution in [3.8, 4) is 39.5 Å². The zero-order valence-electron chi connectivity index (χ0n) is 27.2. The van der Waals surface area contributed by atoms with Gasteiger partial charge in [-0.15, -0.1) is 0 Å². The number of hydrogen-bond acceptors (Lipinski definition) is 8. The Morgan fingerprint density at radius 2 is 0.826 bits per heavy atom. The second-order valence-corrected chi connectivity index (χ2v) is 10.7. The van der Waals surface area contributed by atoms with Crippen molar-refractivity contribution in [3.05, 3.63) is 126 Å². The highest BCUT2D eigenvalue weighted by Crippen LogP contribution is 2.36. The zero-order valence-corrected chi connectivity index (χ0v) is 27.2. The Bertz CT molecular complexity index is 1750. The molecule has 0 bridgehead atoms. The van der Waals surface area contributed by atoms with Crippen LogP contribution in [0.25, 0.3) is 22.3 Å². The largest absolute Gasteiger partial charge is 0.459 e. The van der Waals surface area contributed by atoms with Gasteiger partial charge in [0.15, 0.2) is 11.5 Å². The molecule has 0 N–H and O–H groups in total. The Hall–Kier alpha value is -5.63. The summed E-state index contributed by atoms with van der Waals surface area (Å²) >= 11 is 0. The first-order valence-corrected chi connectivity index (χ1v) is 14.3. The minimum Gasteiger partial charge on any atom is -0.459 e. The van der Waals surface area contributed by atoms with Crippen molar-refractivity contribution in [3.63, 3.8) is 0 Å². The van der Waals surface area contributed by atoms with Gasteiger partial charge in [-0.3, -0.25) is 0 Å². The average Bonchev–Trinajstić information content (AvgIpc) is 3.01. The maximum Gasteiger partial charge on any atom is 0.338 e. The molecule has 8 heteroatoms. The Kier molecular flexibility index (Phi) is 11.7. The van der Waals surface area contributed by atoms with Crippen molar-refractivity contribution in [2.45, 2.75) is 48.5 Å². The van der Waals surface area contributed by atoms with Crippen molar-refractivity contribution in [2.75, 3.05) is 0 Å². The van der Waals surface area contributed by atoms with Crippen LogP contribution in [0.5, 0.6) is 17.2 Å². The Balaban J connectivity index is 1.82. The van der Waals surface area contributed by atoms with Gasteiger partial charge >= 0.3 is 17.9 Å². The van der Waals surface area contributed by atoms with Crippen molar-refractivity contribution in [1.82, 2.24) is 0 Å². The SMILES string of the molecule is C=C(C)C(=O)O/C(C)=C(\C)Oc1ccc(-c2ccc(-c3ccc(O/C(C)=C(\C)OC(=O)C(=C)C)c(OC(=O)C(=C)C)c3)cc2)cc1. The standard InChI is InChI=1S/C38H38O8/c1-22(2)36(39)44-27(9)25(7)42-33-18-15-30(16-19-33)29-11-13-31(14-12-29)32-17-20-34(35(21-32)46-38(41)24(5)6)43-26(8)28(10)45-37(40)23(3)4/h11-21H,1,3,5H2,2,4,6-10H3/b27-25+,28-26+. The van der Waals surface area contributed by atoms with E-state index in [1.165, 1.54) is 0 Å². The van der Waals surface area contributed by atoms with Crippen LogP contribution in [0.4, 0.5) is 0 Å². The average molecular weight is 623 g/mol. The van der Waals surface area contributed by atoms with Crippen LogP contribution >= 0.6 is 0 Å². The molecule has 46 heavy (non-hydrogen) atoms. The first kappa shape index (κ1) is 34.9. The lowest BCUT2D eigenvalue weighted by Crippen LogP contribution is -2.10. The second-order valence-electron chi connectivity index (χ2n) is 10.7. The number of esters is 3. The molecular formula is C38H38O8. The third-order valence-corrected chi connectivity index (χ3v) is 6.61. The van der Waals surface area contributed by atoms with Gasteiger partial charge in [-0.25, -0.2) is 14.4 Å². The van der Waals surface area contributed by atoms with Gasteiger partial charge in [-0.05, 0) is 95.0 Å². The molecule has 0 saturated heterocycles. The van der Waals surface area contributed by atoms with Crippen molar-refractivity contribution >= 4 is 17.9 Å². The van der Waals surface area contributed by atoms with Gasteiger partial charge in [0.25, 0.3) is 0 Å². The molecule has 0 saturated carbocycles. The second kappa shape index (κ2) is 15.4. The van der Waals surface area contributed by atoms with Crippen LogP contribution in [0.15, 0.2) is 126 Å². The quantitative estimate of drug-likeness (QED) is 0.0854. The van der Waals surface area contributed by atoms with E-state index in [0.29, 0.717) is 28.6 Å². The molecule has 0 aliphatic carbocycles. The fourth-order valence-electron chi connectivity index (χ4n) is 3.69. The molecule has 0 heterocycles. The van der Waals surface area contributed by atoms with Crippen LogP contribution in [0.2, 0.25) is 0 Å². The van der Waals surface area contributed by atoms with Crippen LogP contribution in [-0.4, -0.2) is 17.9 Å². The van der Waals surface area contributed by atoms with Crippen molar-refractivity contribution in [1.29, 1.82) is 0 Å². The number of carbonyl (C=O) groups excluding carboxylic acids is 3. The molecule has 3 rings (SSSR count). The molecule has 0 aliphatic rings. The van der Waals surface area contributed by atoms with E-state index >= 15 is 0 Å². The number of ether oxygens (including phenoxy) is 5. The summed E-state index contributed by atoms with van der Waals surface area (Å²) in [6.07, 6.45) is 0. The summed E-state index contributed by atoms with van der Waals surface area (Å²) < 4.78 is 27.9. The molecule has 0 radical (unpaired) electrons. The summed E-state index contributed by atoms with van der Waals surface area (Å²) in [7, 11) is 0. The van der Waals surface area contributed by atoms with Crippen LogP contribution in [-0.2, 0) is 23.9 Å². The molecule has 0 aliphatic heterocycles. The number of hydrogen-bond donors (Lipinski definition) is 0. The highest BCUT2D eigenvalue weighted by Gasteiger charge is 2.16. The smallest absolute Gasteiger partial charge is 0.338 e. The lowest BCUT2D eigenvalue weighted by Gasteiger charge is -2.15. The van der Waals surface area contributed by atoms with Gasteiger partial charge in [0.2, 0.25) is 0 Å². The molecule has 0 amide bonds. The zero-order chi connectivity index (χ0) is 34.1. The Labute approximate surface area is 269 Å². The Morgan fingerprint density at radius 3 is 1.28 bits per heavy atom. The molecule has 8 nitrogen and oxygen atoms in total. The molecule has 0 aromatic heterocycles. The van der Waals surface area contributed by atoms with Crippen LogP contribution in [0, 0.1) is 0 Å². The summed E-state index contributed by atoms with van der Waals surface area (Å²) in [6, 6.07) is 20.6. The topological polar surface area (TPSA) is 97.4 Å². The predicted molar refractivity (Wildman–Crippen MR) is 178 cm³/mol. The van der Waals surface area contributed by atoms with Gasteiger partial charge in [-0.2, -0.15) is 0 Å². The van der Waals surface area contributed by atoms with E-state index in [2.05, 4.69) is 19.7 Å². The highest BCUT2D eigenvalue weighted by molar-refractivity contribution is 5.90. The molecule has 3 aromatic rings. The van der Waals surface area contributed by atoms with E-state index in [9.17, 15) is 14.4 Å². The number of benzene rings is 3. The molecule has 0 fully saturated rings. The lowest BCUT2D eigenvalue weighted by atomic mass is 10.00. The van der Waals surface area contributed by atoms with Gasteiger partial charge in [0, 0.05) is 16.7 Å². The van der Waals surface area contributed by atoms with Gasteiger partial charge in [-0.1, -0.05) is 62.2 Å². The molecule has 238 valence electrons. The van der Waals surface area contributed by atoms with E-state index in [1.807, 2.05) is 54.6 Å². The van der Waals surface area contributed by atoms with Gasteiger partial charge < -0.3 is 23.7 Å². The number of carbonyl (C=O) groups is 3. The minimum absolute atomic E-state index is 0.178. The summed E-state index contributed by atoms with van der Waals surface area (Å²) in [5.74, 6) is 0.722. The minimum atomic E-state index is -0.606. The first-order chi connectivity index (χ1) is 21.7. The number of rotatable bonds is 12. The third kappa shape index (κ3) is 9.43. The van der Waals surface area contributed by atoms with E-state index in [0.717, 1.165) is 22.3 Å². The van der Waals surface area contributed by atoms with E-state index in [4.69, 9.17) is 23.7 Å². The van der Waals surface area contributed by atoms with E-state index in [-0.39, 0.29) is 28.4 Å². The molecule has 3 aromatic carbocycles. The first-order valence-electron chi connectivity index (χ1n) is 14.3. The van der Waals surface area contributed by atoms with E-state index < -0.39 is 17.9 Å². The fourth-order valence-corrected chi connectivity index (χ4v) is 3.69. The predicted octanol–water partition coefficient (Wildman–Crippen LogP) is 9.00. The van der Waals surface area contributed by atoms with Crippen LogP contribution in [0.1, 0.15) is 48.5 Å². The van der Waals surface area contributed by atoms with Gasteiger partial charge in [0.05, 0.1) is 0 Å². The summed E-state index contributed by atoms with van der Waals surface area (Å²) in [5, 5.41) is 0. The summed E-state index contributed by atoms with van der Waals surface area (Å²) in [6.45, 7) is 22.1. The molecule has 0 atom stereocenters. The maximum atomic E-state index is 12.4. The van der Waals surface area contributed by atoms with Crippen LogP contribution < -0.4 is 14.2 Å². The molecule has 0 spiro atoms. The van der Waals surface area contributed by atoms with Crippen LogP contribution in [0.3, 0.4) is 0 Å². The normalized spacial score (nSPS) is 11.7. The van der Waals surface area contributed by atoms with Gasteiger partial charge in [0.1, 0.15) is 28.8 Å². The molecule has 0 unspecified atom stereocenters. The maximum absolute atomic E-state index is 12.4.